The van der Waals surface area contributed by atoms with E-state index in [0.717, 1.165) is 87.7 Å². The number of nitrogens with one attached hydrogen (secondary N) is 1. The van der Waals surface area contributed by atoms with Crippen molar-refractivity contribution >= 4 is 52.6 Å². The predicted molar refractivity (Wildman–Crippen MR) is 158 cm³/mol. The Labute approximate surface area is 247 Å². The quantitative estimate of drug-likeness (QED) is 0.394. The van der Waals surface area contributed by atoms with Crippen LogP contribution in [0, 0.1) is 11.3 Å². The Morgan fingerprint density at radius 3 is 2.37 bits per heavy atom. The Bertz CT molecular complexity index is 1040. The Kier molecular flexibility index (Phi) is 11.5. The first kappa shape index (κ1) is 30.9. The fraction of sp³-hybridized carbons (Fsp3) is 0.552. The van der Waals surface area contributed by atoms with Crippen LogP contribution in [0.25, 0.3) is 0 Å². The van der Waals surface area contributed by atoms with Gasteiger partial charge in [-0.1, -0.05) is 47.0 Å². The highest BCUT2D eigenvalue weighted by atomic mass is 79.9. The van der Waals surface area contributed by atoms with Gasteiger partial charge >= 0.3 is 0 Å². The van der Waals surface area contributed by atoms with Crippen molar-refractivity contribution in [2.45, 2.75) is 64.0 Å². The molecule has 1 spiro atoms. The minimum Gasteiger partial charge on any atom is -0.347 e. The van der Waals surface area contributed by atoms with Crippen molar-refractivity contribution in [1.29, 1.82) is 0 Å². The second-order valence-corrected chi connectivity index (χ2v) is 11.7. The van der Waals surface area contributed by atoms with Crippen LogP contribution in [0.2, 0.25) is 0 Å². The molecule has 38 heavy (non-hydrogen) atoms. The average Bonchev–Trinajstić information content (AvgIpc) is 3.55. The van der Waals surface area contributed by atoms with E-state index in [1.165, 1.54) is 5.56 Å². The number of hydrogen-bond acceptors (Lipinski definition) is 4. The van der Waals surface area contributed by atoms with E-state index >= 15 is 0 Å². The van der Waals surface area contributed by atoms with Gasteiger partial charge in [0.1, 0.15) is 0 Å². The maximum atomic E-state index is 13.4. The topological polar surface area (TPSA) is 65.5 Å². The number of nitrogens with zero attached hydrogens (tertiary/aromatic N) is 3. The molecule has 0 bridgehead atoms. The van der Waals surface area contributed by atoms with E-state index in [2.05, 4.69) is 48.2 Å². The summed E-state index contributed by atoms with van der Waals surface area (Å²) in [5.41, 5.74) is 1.93. The summed E-state index contributed by atoms with van der Waals surface area (Å²) in [7, 11) is 0. The summed E-state index contributed by atoms with van der Waals surface area (Å²) in [5, 5.41) is 3.31. The maximum absolute atomic E-state index is 13.4. The first-order valence-electron chi connectivity index (χ1n) is 13.5. The monoisotopic (exact) mass is 624 g/mol. The molecule has 2 aromatic rings. The molecule has 2 aliphatic heterocycles. The third-order valence-corrected chi connectivity index (χ3v) is 9.05. The normalized spacial score (nSPS) is 20.1. The van der Waals surface area contributed by atoms with Gasteiger partial charge in [-0.3, -0.25) is 14.6 Å². The van der Waals surface area contributed by atoms with Crippen molar-refractivity contribution in [3.05, 3.63) is 64.4 Å². The Morgan fingerprint density at radius 1 is 1.03 bits per heavy atom. The van der Waals surface area contributed by atoms with Gasteiger partial charge in [0.05, 0.1) is 17.2 Å². The number of aromatic nitrogens is 1. The third-order valence-electron chi connectivity index (χ3n) is 8.52. The smallest absolute Gasteiger partial charge is 0.229 e. The van der Waals surface area contributed by atoms with Crippen LogP contribution in [0.15, 0.2) is 53.1 Å². The van der Waals surface area contributed by atoms with Crippen LogP contribution in [-0.4, -0.2) is 52.8 Å². The molecule has 0 radical (unpaired) electrons. The van der Waals surface area contributed by atoms with Crippen molar-refractivity contribution in [1.82, 2.24) is 20.1 Å². The average molecular weight is 626 g/mol. The number of carbonyl (C=O) groups is 2. The van der Waals surface area contributed by atoms with E-state index in [1.807, 2.05) is 30.3 Å². The summed E-state index contributed by atoms with van der Waals surface area (Å²) >= 11 is 3.49. The number of carbonyl (C=O) groups excluding carboxylic acids is 2. The van der Waals surface area contributed by atoms with E-state index in [4.69, 9.17) is 0 Å². The highest BCUT2D eigenvalue weighted by Crippen LogP contribution is 2.42. The Hall–Kier alpha value is -1.67. The van der Waals surface area contributed by atoms with Crippen LogP contribution in [0.5, 0.6) is 0 Å². The molecule has 2 amide bonds. The molecular weight excluding hydrogens is 587 g/mol. The van der Waals surface area contributed by atoms with Crippen molar-refractivity contribution in [2.75, 3.05) is 26.2 Å². The van der Waals surface area contributed by atoms with Crippen molar-refractivity contribution in [3.63, 3.8) is 0 Å². The summed E-state index contributed by atoms with van der Waals surface area (Å²) < 4.78 is 1.06. The van der Waals surface area contributed by atoms with E-state index in [0.29, 0.717) is 12.5 Å². The lowest BCUT2D eigenvalue weighted by Gasteiger charge is -2.38. The standard InChI is InChI=1S/C29H37BrN4O2.2ClH/c30-24-10-8-22(9-11-24)21-34-20-15-29(28(34)36)13-18-33(19-14-29)17-12-26(25-7-3-4-16-31-25)32-27(35)23-5-1-2-6-23;;/h3-4,7-11,16,23,26H,1-2,5-6,12-15,17-21H2,(H,32,35);2*1H. The van der Waals surface area contributed by atoms with E-state index < -0.39 is 0 Å². The molecule has 6 nitrogen and oxygen atoms in total. The second-order valence-electron chi connectivity index (χ2n) is 10.8. The summed E-state index contributed by atoms with van der Waals surface area (Å²) in [6.07, 6.45) is 9.76. The lowest BCUT2D eigenvalue weighted by atomic mass is 9.77. The molecule has 208 valence electrons. The lowest BCUT2D eigenvalue weighted by molar-refractivity contribution is -0.139. The van der Waals surface area contributed by atoms with Crippen LogP contribution in [-0.2, 0) is 16.1 Å². The SMILES string of the molecule is Cl.Cl.O=C(NC(CCN1CCC2(CC1)CCN(Cc1ccc(Br)cc1)C2=O)c1ccccn1)C1CCCC1. The number of piperidine rings is 1. The number of pyridine rings is 1. The van der Waals surface area contributed by atoms with Crippen LogP contribution in [0.3, 0.4) is 0 Å². The van der Waals surface area contributed by atoms with Gasteiger partial charge in [-0.2, -0.15) is 0 Å². The van der Waals surface area contributed by atoms with Crippen molar-refractivity contribution < 1.29 is 9.59 Å². The van der Waals surface area contributed by atoms with Gasteiger partial charge in [0.15, 0.2) is 0 Å². The summed E-state index contributed by atoms with van der Waals surface area (Å²) in [4.78, 5) is 35.3. The first-order chi connectivity index (χ1) is 17.5. The number of hydrogen-bond donors (Lipinski definition) is 1. The summed E-state index contributed by atoms with van der Waals surface area (Å²) in [6.45, 7) is 4.32. The first-order valence-corrected chi connectivity index (χ1v) is 14.3. The molecule has 3 fully saturated rings. The zero-order valence-electron chi connectivity index (χ0n) is 21.8. The van der Waals surface area contributed by atoms with Gasteiger partial charge in [-0.15, -0.1) is 24.8 Å². The molecular formula is C29H39BrCl2N4O2. The highest BCUT2D eigenvalue weighted by Gasteiger charge is 2.47. The molecule has 1 aromatic heterocycles. The van der Waals surface area contributed by atoms with E-state index in [-0.39, 0.29) is 48.1 Å². The van der Waals surface area contributed by atoms with Gasteiger partial charge < -0.3 is 15.1 Å². The molecule has 1 aliphatic carbocycles. The molecule has 3 aliphatic rings. The van der Waals surface area contributed by atoms with Crippen molar-refractivity contribution in [3.8, 4) is 0 Å². The highest BCUT2D eigenvalue weighted by molar-refractivity contribution is 9.10. The molecule has 5 rings (SSSR count). The number of benzene rings is 1. The summed E-state index contributed by atoms with van der Waals surface area (Å²) in [6, 6.07) is 14.1. The molecule has 1 saturated carbocycles. The predicted octanol–water partition coefficient (Wildman–Crippen LogP) is 5.94. The largest absolute Gasteiger partial charge is 0.347 e. The summed E-state index contributed by atoms with van der Waals surface area (Å²) in [5.74, 6) is 0.670. The minimum atomic E-state index is -0.192. The molecule has 1 atom stereocenters. The molecule has 1 N–H and O–H groups in total. The minimum absolute atomic E-state index is 0. The van der Waals surface area contributed by atoms with Crippen LogP contribution >= 0.6 is 40.7 Å². The zero-order chi connectivity index (χ0) is 25.0. The van der Waals surface area contributed by atoms with Gasteiger partial charge in [0.25, 0.3) is 0 Å². The molecule has 1 aromatic carbocycles. The fourth-order valence-electron chi connectivity index (χ4n) is 6.19. The number of halogens is 3. The van der Waals surface area contributed by atoms with Gasteiger partial charge in [-0.05, 0) is 81.4 Å². The Balaban J connectivity index is 0.00000200. The van der Waals surface area contributed by atoms with Crippen LogP contribution in [0.4, 0.5) is 0 Å². The van der Waals surface area contributed by atoms with Crippen LogP contribution in [0.1, 0.15) is 68.7 Å². The van der Waals surface area contributed by atoms with Gasteiger partial charge in [0, 0.05) is 36.2 Å². The number of rotatable bonds is 8. The second kappa shape index (κ2) is 14.1. The van der Waals surface area contributed by atoms with Crippen LogP contribution < -0.4 is 5.32 Å². The molecule has 3 heterocycles. The Morgan fingerprint density at radius 2 is 1.71 bits per heavy atom. The third kappa shape index (κ3) is 7.29. The lowest BCUT2D eigenvalue weighted by Crippen LogP contribution is -2.45. The molecule has 9 heteroatoms. The van der Waals surface area contributed by atoms with Gasteiger partial charge in [-0.25, -0.2) is 0 Å². The fourth-order valence-corrected chi connectivity index (χ4v) is 6.45. The van der Waals surface area contributed by atoms with E-state index in [9.17, 15) is 9.59 Å². The molecule has 2 saturated heterocycles. The van der Waals surface area contributed by atoms with E-state index in [1.54, 1.807) is 6.20 Å². The van der Waals surface area contributed by atoms with Gasteiger partial charge in [0.2, 0.25) is 11.8 Å². The van der Waals surface area contributed by atoms with Crippen molar-refractivity contribution in [2.24, 2.45) is 11.3 Å². The maximum Gasteiger partial charge on any atom is 0.229 e. The molecule has 1 unspecified atom stereocenters. The number of likely N-dealkylation sites (tertiary alicyclic amines) is 2. The zero-order valence-corrected chi connectivity index (χ0v) is 25.0. The number of amides is 2.